The van der Waals surface area contributed by atoms with Gasteiger partial charge in [-0.1, -0.05) is 30.3 Å². The van der Waals surface area contributed by atoms with Gasteiger partial charge in [0, 0.05) is 17.7 Å². The Balaban J connectivity index is 1.32. The van der Waals surface area contributed by atoms with Gasteiger partial charge in [0.15, 0.2) is 0 Å². The Labute approximate surface area is 172 Å². The molecular weight excluding hydrogens is 360 g/mol. The molecule has 0 spiro atoms. The molecule has 6 heteroatoms. The average molecular weight is 391 g/mol. The third-order valence-electron chi connectivity index (χ3n) is 6.06. The molecule has 1 aliphatic carbocycles. The Hall–Kier alpha value is -2.70. The number of nitrogens with two attached hydrogens (primary N) is 1. The molecule has 152 valence electrons. The van der Waals surface area contributed by atoms with Crippen molar-refractivity contribution in [2.45, 2.75) is 32.1 Å². The molecule has 0 atom stereocenters. The monoisotopic (exact) mass is 390 g/mol. The summed E-state index contributed by atoms with van der Waals surface area (Å²) in [6, 6.07) is 12.7. The van der Waals surface area contributed by atoms with Gasteiger partial charge < -0.3 is 10.3 Å². The molecule has 2 heterocycles. The first-order valence-electron chi connectivity index (χ1n) is 10.5. The van der Waals surface area contributed by atoms with E-state index in [4.69, 9.17) is 5.84 Å². The van der Waals surface area contributed by atoms with E-state index in [9.17, 15) is 0 Å². The largest absolute Gasteiger partial charge is 0.346 e. The molecule has 4 rings (SSSR count). The van der Waals surface area contributed by atoms with Gasteiger partial charge in [-0.3, -0.25) is 10.0 Å². The molecule has 1 aromatic heterocycles. The number of H-pyrrole nitrogens is 1. The molecule has 1 aromatic carbocycles. The lowest BCUT2D eigenvalue weighted by atomic mass is 9.79. The van der Waals surface area contributed by atoms with E-state index in [1.165, 1.54) is 18.4 Å². The summed E-state index contributed by atoms with van der Waals surface area (Å²) in [5.41, 5.74) is 4.32. The van der Waals surface area contributed by atoms with Crippen molar-refractivity contribution in [1.82, 2.24) is 15.3 Å². The van der Waals surface area contributed by atoms with E-state index >= 15 is 0 Å². The third kappa shape index (κ3) is 4.49. The van der Waals surface area contributed by atoms with Crippen LogP contribution in [0.4, 0.5) is 5.82 Å². The van der Waals surface area contributed by atoms with Crippen molar-refractivity contribution in [3.8, 4) is 0 Å². The van der Waals surface area contributed by atoms with E-state index in [0.717, 1.165) is 61.0 Å². The highest BCUT2D eigenvalue weighted by molar-refractivity contribution is 5.87. The van der Waals surface area contributed by atoms with E-state index in [2.05, 4.69) is 57.3 Å². The Kier molecular flexibility index (Phi) is 6.22. The smallest absolute Gasteiger partial charge is 0.141 e. The van der Waals surface area contributed by atoms with E-state index in [0.29, 0.717) is 5.92 Å². The fourth-order valence-electron chi connectivity index (χ4n) is 4.47. The van der Waals surface area contributed by atoms with Crippen molar-refractivity contribution in [2.75, 3.05) is 13.1 Å². The first kappa shape index (κ1) is 19.6. The number of fused-ring (bicyclic) bond motifs is 1. The van der Waals surface area contributed by atoms with Crippen LogP contribution in [0.25, 0.3) is 5.70 Å². The average Bonchev–Trinajstić information content (AvgIpc) is 3.24. The van der Waals surface area contributed by atoms with Crippen LogP contribution in [0, 0.1) is 11.8 Å². The number of hydrogen-bond acceptors (Lipinski definition) is 5. The molecule has 2 aromatic rings. The van der Waals surface area contributed by atoms with Crippen LogP contribution in [0.15, 0.2) is 58.3 Å². The molecule has 1 fully saturated rings. The zero-order valence-corrected chi connectivity index (χ0v) is 16.8. The summed E-state index contributed by atoms with van der Waals surface area (Å²) in [5, 5.41) is 5.22. The SMILES string of the molecule is C=N/C(=C1/c2cc[nH]c2N=CN1N)[C@H]1CC[C@H](CNCCc2ccccc2)CC1. The summed E-state index contributed by atoms with van der Waals surface area (Å²) in [6.45, 7) is 5.98. The summed E-state index contributed by atoms with van der Waals surface area (Å²) in [4.78, 5) is 11.9. The van der Waals surface area contributed by atoms with Crippen LogP contribution < -0.4 is 11.2 Å². The number of aromatic nitrogens is 1. The minimum atomic E-state index is 0.392. The maximum Gasteiger partial charge on any atom is 0.141 e. The third-order valence-corrected chi connectivity index (χ3v) is 6.06. The van der Waals surface area contributed by atoms with Gasteiger partial charge in [0.25, 0.3) is 0 Å². The van der Waals surface area contributed by atoms with Gasteiger partial charge in [-0.2, -0.15) is 0 Å². The highest BCUT2D eigenvalue weighted by atomic mass is 15.4. The zero-order valence-electron chi connectivity index (χ0n) is 16.8. The highest BCUT2D eigenvalue weighted by Gasteiger charge is 2.29. The number of allylic oxidation sites excluding steroid dienone is 1. The second kappa shape index (κ2) is 9.20. The number of aliphatic imine (C=N–C) groups is 2. The van der Waals surface area contributed by atoms with Crippen molar-refractivity contribution < 1.29 is 0 Å². The number of nitrogens with zero attached hydrogens (tertiary/aromatic N) is 3. The summed E-state index contributed by atoms with van der Waals surface area (Å²) in [5.74, 6) is 8.16. The minimum absolute atomic E-state index is 0.392. The van der Waals surface area contributed by atoms with Gasteiger partial charge in [0.2, 0.25) is 0 Å². The Bertz CT molecular complexity index is 874. The molecule has 4 N–H and O–H groups in total. The molecule has 0 radical (unpaired) electrons. The summed E-state index contributed by atoms with van der Waals surface area (Å²) in [7, 11) is 0. The molecule has 29 heavy (non-hydrogen) atoms. The van der Waals surface area contributed by atoms with Crippen LogP contribution in [-0.2, 0) is 6.42 Å². The lowest BCUT2D eigenvalue weighted by Crippen LogP contribution is -2.32. The molecule has 1 saturated carbocycles. The second-order valence-corrected chi connectivity index (χ2v) is 7.94. The van der Waals surface area contributed by atoms with Gasteiger partial charge in [0.1, 0.15) is 12.2 Å². The van der Waals surface area contributed by atoms with Gasteiger partial charge in [-0.25, -0.2) is 10.8 Å². The maximum atomic E-state index is 6.21. The van der Waals surface area contributed by atoms with E-state index < -0.39 is 0 Å². The predicted octanol–water partition coefficient (Wildman–Crippen LogP) is 3.87. The van der Waals surface area contributed by atoms with Gasteiger partial charge in [0.05, 0.1) is 11.4 Å². The van der Waals surface area contributed by atoms with E-state index in [1.54, 1.807) is 11.3 Å². The zero-order chi connectivity index (χ0) is 20.1. The summed E-state index contributed by atoms with van der Waals surface area (Å²) >= 11 is 0. The van der Waals surface area contributed by atoms with Crippen molar-refractivity contribution >= 4 is 24.6 Å². The van der Waals surface area contributed by atoms with E-state index in [1.807, 2.05) is 12.3 Å². The molecule has 0 unspecified atom stereocenters. The van der Waals surface area contributed by atoms with Gasteiger partial charge >= 0.3 is 0 Å². The fourth-order valence-corrected chi connectivity index (χ4v) is 4.47. The van der Waals surface area contributed by atoms with Gasteiger partial charge in [-0.15, -0.1) is 0 Å². The Morgan fingerprint density at radius 1 is 1.21 bits per heavy atom. The van der Waals surface area contributed by atoms with Crippen molar-refractivity contribution in [3.05, 3.63) is 59.4 Å². The van der Waals surface area contributed by atoms with Crippen LogP contribution in [0.2, 0.25) is 0 Å². The van der Waals surface area contributed by atoms with Crippen molar-refractivity contribution in [3.63, 3.8) is 0 Å². The Morgan fingerprint density at radius 3 is 2.76 bits per heavy atom. The first-order valence-corrected chi connectivity index (χ1v) is 10.5. The fraction of sp³-hybridized carbons (Fsp3) is 0.391. The number of benzene rings is 1. The molecule has 2 aliphatic rings. The molecule has 0 bridgehead atoms. The molecule has 6 nitrogen and oxygen atoms in total. The highest BCUT2D eigenvalue weighted by Crippen LogP contribution is 2.40. The number of aromatic amines is 1. The summed E-state index contributed by atoms with van der Waals surface area (Å²) in [6.07, 6.45) is 9.25. The van der Waals surface area contributed by atoms with Crippen LogP contribution in [0.1, 0.15) is 36.8 Å². The lowest BCUT2D eigenvalue weighted by Gasteiger charge is -2.32. The molecule has 1 aliphatic heterocycles. The lowest BCUT2D eigenvalue weighted by molar-refractivity contribution is 0.291. The van der Waals surface area contributed by atoms with Crippen LogP contribution in [-0.4, -0.2) is 36.1 Å². The van der Waals surface area contributed by atoms with Crippen LogP contribution in [0.3, 0.4) is 0 Å². The van der Waals surface area contributed by atoms with Crippen LogP contribution in [0.5, 0.6) is 0 Å². The quantitative estimate of drug-likeness (QED) is 0.381. The Morgan fingerprint density at radius 2 is 2.00 bits per heavy atom. The second-order valence-electron chi connectivity index (χ2n) is 7.94. The number of rotatable bonds is 7. The summed E-state index contributed by atoms with van der Waals surface area (Å²) < 4.78 is 0. The first-order chi connectivity index (χ1) is 14.3. The number of hydrogen-bond donors (Lipinski definition) is 3. The van der Waals surface area contributed by atoms with E-state index in [-0.39, 0.29) is 0 Å². The predicted molar refractivity (Wildman–Crippen MR) is 120 cm³/mol. The molecular formula is C23H30N6. The molecule has 0 saturated heterocycles. The van der Waals surface area contributed by atoms with Crippen molar-refractivity contribution in [2.24, 2.45) is 27.7 Å². The number of nitrogens with one attached hydrogen (secondary N) is 2. The van der Waals surface area contributed by atoms with Gasteiger partial charge in [-0.05, 0) is 69.5 Å². The van der Waals surface area contributed by atoms with Crippen LogP contribution >= 0.6 is 0 Å². The van der Waals surface area contributed by atoms with Crippen molar-refractivity contribution in [1.29, 1.82) is 0 Å². The standard InChI is InChI=1S/C23H30N6/c1-25-21(22-20-12-14-27-23(20)28-16-29(22)24)19-9-7-18(8-10-19)15-26-13-11-17-5-3-2-4-6-17/h2-6,12,14,16,18-19,26-27H,1,7-11,13,15,24H2/b22-21-/t18-,19-. The molecule has 0 amide bonds. The minimum Gasteiger partial charge on any atom is -0.346 e. The topological polar surface area (TPSA) is 81.8 Å². The number of hydrazine groups is 1. The maximum absolute atomic E-state index is 6.21. The normalized spacial score (nSPS) is 23.0.